The van der Waals surface area contributed by atoms with Gasteiger partial charge in [0, 0.05) is 32.7 Å². The van der Waals surface area contributed by atoms with Crippen LogP contribution < -0.4 is 5.73 Å². The second-order valence-corrected chi connectivity index (χ2v) is 4.25. The number of aryl methyl sites for hydroxylation is 1. The monoisotopic (exact) mass is 214 g/mol. The highest BCUT2D eigenvalue weighted by atomic mass is 35.5. The van der Waals surface area contributed by atoms with Gasteiger partial charge in [-0.2, -0.15) is 5.10 Å². The van der Waals surface area contributed by atoms with Crippen molar-refractivity contribution < 1.29 is 0 Å². The predicted octanol–water partition coefficient (Wildman–Crippen LogP) is 0.607. The van der Waals surface area contributed by atoms with Crippen molar-refractivity contribution in [2.45, 2.75) is 19.0 Å². The molecule has 0 saturated carbocycles. The lowest BCUT2D eigenvalue weighted by molar-refractivity contribution is 0.317. The largest absolute Gasteiger partial charge is 0.326 e. The van der Waals surface area contributed by atoms with Gasteiger partial charge in [-0.25, -0.2) is 0 Å². The maximum Gasteiger partial charge on any atom is 0.0831 e. The van der Waals surface area contributed by atoms with Crippen LogP contribution in [0.3, 0.4) is 0 Å². The number of nitrogens with zero attached hydrogens (tertiary/aromatic N) is 3. The molecule has 5 heteroatoms. The van der Waals surface area contributed by atoms with Crippen molar-refractivity contribution in [2.24, 2.45) is 12.8 Å². The van der Waals surface area contributed by atoms with Gasteiger partial charge in [0.1, 0.15) is 0 Å². The molecule has 1 unspecified atom stereocenters. The van der Waals surface area contributed by atoms with Gasteiger partial charge >= 0.3 is 0 Å². The molecule has 1 atom stereocenters. The first-order chi connectivity index (χ1) is 6.66. The average Bonchev–Trinajstić information content (AvgIpc) is 2.67. The Morgan fingerprint density at radius 3 is 3.00 bits per heavy atom. The van der Waals surface area contributed by atoms with Gasteiger partial charge in [0.05, 0.1) is 16.9 Å². The van der Waals surface area contributed by atoms with Gasteiger partial charge in [-0.3, -0.25) is 9.58 Å². The molecule has 1 fully saturated rings. The van der Waals surface area contributed by atoms with Crippen LogP contribution in [0.5, 0.6) is 0 Å². The van der Waals surface area contributed by atoms with Gasteiger partial charge in [-0.05, 0) is 6.42 Å². The normalized spacial score (nSPS) is 23.2. The van der Waals surface area contributed by atoms with E-state index in [0.717, 1.165) is 36.8 Å². The third-order valence-electron chi connectivity index (χ3n) is 2.69. The van der Waals surface area contributed by atoms with Gasteiger partial charge in [0.15, 0.2) is 0 Å². The standard InChI is InChI=1S/C9H15ClN4/c1-13-9(8(10)4-12-13)6-14-3-2-7(11)5-14/h4,7H,2-3,5-6,11H2,1H3. The Labute approximate surface area is 88.6 Å². The number of hydrogen-bond donors (Lipinski definition) is 1. The Bertz CT molecular complexity index is 303. The highest BCUT2D eigenvalue weighted by Gasteiger charge is 2.20. The Morgan fingerprint density at radius 2 is 2.50 bits per heavy atom. The van der Waals surface area contributed by atoms with Gasteiger partial charge in [0.25, 0.3) is 0 Å². The zero-order valence-electron chi connectivity index (χ0n) is 8.28. The van der Waals surface area contributed by atoms with Crippen molar-refractivity contribution in [2.75, 3.05) is 13.1 Å². The molecule has 1 aliphatic heterocycles. The van der Waals surface area contributed by atoms with Gasteiger partial charge in [-0.1, -0.05) is 11.6 Å². The summed E-state index contributed by atoms with van der Waals surface area (Å²) >= 11 is 6.02. The highest BCUT2D eigenvalue weighted by molar-refractivity contribution is 6.31. The maximum absolute atomic E-state index is 6.02. The fraction of sp³-hybridized carbons (Fsp3) is 0.667. The van der Waals surface area contributed by atoms with Gasteiger partial charge in [0.2, 0.25) is 0 Å². The highest BCUT2D eigenvalue weighted by Crippen LogP contribution is 2.18. The topological polar surface area (TPSA) is 47.1 Å². The summed E-state index contributed by atoms with van der Waals surface area (Å²) < 4.78 is 1.83. The average molecular weight is 215 g/mol. The van der Waals surface area contributed by atoms with Crippen LogP contribution in [0.2, 0.25) is 5.02 Å². The van der Waals surface area contributed by atoms with Crippen LogP contribution in [0.1, 0.15) is 12.1 Å². The Hall–Kier alpha value is -0.580. The number of likely N-dealkylation sites (tertiary alicyclic amines) is 1. The third kappa shape index (κ3) is 1.92. The fourth-order valence-electron chi connectivity index (χ4n) is 1.83. The number of rotatable bonds is 2. The molecule has 1 aromatic rings. The summed E-state index contributed by atoms with van der Waals surface area (Å²) in [5.74, 6) is 0. The van der Waals surface area contributed by atoms with Crippen molar-refractivity contribution in [3.05, 3.63) is 16.9 Å². The SMILES string of the molecule is Cn1ncc(Cl)c1CN1CCC(N)C1. The lowest BCUT2D eigenvalue weighted by Crippen LogP contribution is -2.27. The number of hydrogen-bond acceptors (Lipinski definition) is 3. The smallest absolute Gasteiger partial charge is 0.0831 e. The molecule has 0 amide bonds. The van der Waals surface area contributed by atoms with Crippen LogP contribution in [0, 0.1) is 0 Å². The zero-order valence-corrected chi connectivity index (χ0v) is 9.04. The number of halogens is 1. The second kappa shape index (κ2) is 3.88. The van der Waals surface area contributed by atoms with Crippen LogP contribution in [0.15, 0.2) is 6.20 Å². The maximum atomic E-state index is 6.02. The molecular weight excluding hydrogens is 200 g/mol. The summed E-state index contributed by atoms with van der Waals surface area (Å²) in [7, 11) is 1.91. The summed E-state index contributed by atoms with van der Waals surface area (Å²) in [5.41, 5.74) is 6.90. The summed E-state index contributed by atoms with van der Waals surface area (Å²) in [6, 6.07) is 0.321. The summed E-state index contributed by atoms with van der Waals surface area (Å²) in [6.45, 7) is 2.87. The molecule has 4 nitrogen and oxygen atoms in total. The van der Waals surface area contributed by atoms with E-state index < -0.39 is 0 Å². The lowest BCUT2D eigenvalue weighted by Gasteiger charge is -2.15. The molecule has 1 saturated heterocycles. The molecule has 1 aromatic heterocycles. The molecule has 0 radical (unpaired) electrons. The molecular formula is C9H15ClN4. The lowest BCUT2D eigenvalue weighted by atomic mass is 10.3. The molecule has 0 aliphatic carbocycles. The first-order valence-corrected chi connectivity index (χ1v) is 5.19. The van der Waals surface area contributed by atoms with Crippen LogP contribution in [0.4, 0.5) is 0 Å². The molecule has 0 bridgehead atoms. The molecule has 0 aromatic carbocycles. The molecule has 78 valence electrons. The van der Waals surface area contributed by atoms with Gasteiger partial charge in [-0.15, -0.1) is 0 Å². The molecule has 2 rings (SSSR count). The molecule has 0 spiro atoms. The van der Waals surface area contributed by atoms with E-state index in [1.54, 1.807) is 6.20 Å². The minimum atomic E-state index is 0.321. The Morgan fingerprint density at radius 1 is 1.71 bits per heavy atom. The first kappa shape index (κ1) is 9.96. The van der Waals surface area contributed by atoms with E-state index in [4.69, 9.17) is 17.3 Å². The van der Waals surface area contributed by atoms with Crippen LogP contribution in [-0.2, 0) is 13.6 Å². The van der Waals surface area contributed by atoms with Crippen molar-refractivity contribution >= 4 is 11.6 Å². The molecule has 14 heavy (non-hydrogen) atoms. The first-order valence-electron chi connectivity index (χ1n) is 4.81. The summed E-state index contributed by atoms with van der Waals surface area (Å²) in [6.07, 6.45) is 2.77. The molecule has 1 aliphatic rings. The molecule has 2 N–H and O–H groups in total. The van der Waals surface area contributed by atoms with Crippen molar-refractivity contribution in [3.63, 3.8) is 0 Å². The van der Waals surface area contributed by atoms with E-state index in [9.17, 15) is 0 Å². The van der Waals surface area contributed by atoms with Crippen molar-refractivity contribution in [1.82, 2.24) is 14.7 Å². The predicted molar refractivity (Wildman–Crippen MR) is 56.1 cm³/mol. The van der Waals surface area contributed by atoms with Crippen LogP contribution in [-0.4, -0.2) is 33.8 Å². The van der Waals surface area contributed by atoms with E-state index in [1.807, 2.05) is 11.7 Å². The Kier molecular flexibility index (Phi) is 2.76. The minimum absolute atomic E-state index is 0.321. The summed E-state index contributed by atoms with van der Waals surface area (Å²) in [4.78, 5) is 2.31. The zero-order chi connectivity index (χ0) is 10.1. The second-order valence-electron chi connectivity index (χ2n) is 3.85. The number of aromatic nitrogens is 2. The van der Waals surface area contributed by atoms with Crippen molar-refractivity contribution in [1.29, 1.82) is 0 Å². The van der Waals surface area contributed by atoms with E-state index in [-0.39, 0.29) is 0 Å². The summed E-state index contributed by atoms with van der Waals surface area (Å²) in [5, 5.41) is 4.85. The third-order valence-corrected chi connectivity index (χ3v) is 3.01. The van der Waals surface area contributed by atoms with E-state index in [2.05, 4.69) is 10.00 Å². The quantitative estimate of drug-likeness (QED) is 0.785. The van der Waals surface area contributed by atoms with E-state index in [0.29, 0.717) is 6.04 Å². The van der Waals surface area contributed by atoms with Crippen molar-refractivity contribution in [3.8, 4) is 0 Å². The van der Waals surface area contributed by atoms with Crippen LogP contribution >= 0.6 is 11.6 Å². The van der Waals surface area contributed by atoms with E-state index >= 15 is 0 Å². The van der Waals surface area contributed by atoms with E-state index in [1.165, 1.54) is 0 Å². The minimum Gasteiger partial charge on any atom is -0.326 e. The Balaban J connectivity index is 2.04. The fourth-order valence-corrected chi connectivity index (χ4v) is 2.06. The van der Waals surface area contributed by atoms with Crippen LogP contribution in [0.25, 0.3) is 0 Å². The molecule has 2 heterocycles. The number of nitrogens with two attached hydrogens (primary N) is 1. The van der Waals surface area contributed by atoms with Gasteiger partial charge < -0.3 is 5.73 Å².